The standard InChI is InChI=1S/C18H25N5OS.HI/c1-19-18(21-11-8-16-7-5-13-25-16)22-14-17(24)23(2)12-9-15-6-3-4-10-20-15;/h3-7,10,13H,8-9,11-12,14H2,1-2H3,(H2,19,21,22);1H. The monoisotopic (exact) mass is 487 g/mol. The van der Waals surface area contributed by atoms with Crippen molar-refractivity contribution in [2.24, 2.45) is 4.99 Å². The van der Waals surface area contributed by atoms with E-state index in [9.17, 15) is 4.79 Å². The highest BCUT2D eigenvalue weighted by Crippen LogP contribution is 2.07. The minimum absolute atomic E-state index is 0. The predicted octanol–water partition coefficient (Wildman–Crippen LogP) is 2.17. The van der Waals surface area contributed by atoms with Gasteiger partial charge in [-0.1, -0.05) is 12.1 Å². The lowest BCUT2D eigenvalue weighted by Gasteiger charge is -2.18. The number of halogens is 1. The van der Waals surface area contributed by atoms with Gasteiger partial charge in [0.1, 0.15) is 0 Å². The topological polar surface area (TPSA) is 69.6 Å². The summed E-state index contributed by atoms with van der Waals surface area (Å²) in [5.74, 6) is 0.667. The molecule has 2 aromatic heterocycles. The van der Waals surface area contributed by atoms with E-state index in [-0.39, 0.29) is 36.4 Å². The number of aromatic nitrogens is 1. The molecule has 0 unspecified atom stereocenters. The van der Waals surface area contributed by atoms with Gasteiger partial charge in [0.15, 0.2) is 5.96 Å². The molecule has 0 spiro atoms. The molecule has 0 saturated carbocycles. The van der Waals surface area contributed by atoms with Crippen LogP contribution < -0.4 is 10.6 Å². The average molecular weight is 487 g/mol. The Morgan fingerprint density at radius 1 is 1.23 bits per heavy atom. The van der Waals surface area contributed by atoms with Crippen molar-refractivity contribution in [3.63, 3.8) is 0 Å². The highest BCUT2D eigenvalue weighted by Gasteiger charge is 2.09. The van der Waals surface area contributed by atoms with E-state index in [0.29, 0.717) is 12.5 Å². The Morgan fingerprint density at radius 3 is 2.73 bits per heavy atom. The molecular formula is C18H26IN5OS. The Morgan fingerprint density at radius 2 is 2.08 bits per heavy atom. The second kappa shape index (κ2) is 12.6. The molecule has 0 saturated heterocycles. The van der Waals surface area contributed by atoms with Gasteiger partial charge in [0.25, 0.3) is 0 Å². The normalized spacial score (nSPS) is 10.8. The second-order valence-corrected chi connectivity index (χ2v) is 6.60. The summed E-state index contributed by atoms with van der Waals surface area (Å²) in [5, 5.41) is 8.36. The molecule has 0 aliphatic carbocycles. The van der Waals surface area contributed by atoms with Gasteiger partial charge < -0.3 is 15.5 Å². The van der Waals surface area contributed by atoms with Crippen molar-refractivity contribution in [2.45, 2.75) is 12.8 Å². The van der Waals surface area contributed by atoms with Crippen LogP contribution in [0.1, 0.15) is 10.6 Å². The minimum Gasteiger partial charge on any atom is -0.356 e. The highest BCUT2D eigenvalue weighted by atomic mass is 127. The summed E-state index contributed by atoms with van der Waals surface area (Å²) in [4.78, 5) is 23.7. The number of likely N-dealkylation sites (N-methyl/N-ethyl adjacent to an activating group) is 1. The van der Waals surface area contributed by atoms with Gasteiger partial charge in [0.05, 0.1) is 6.54 Å². The van der Waals surface area contributed by atoms with Crippen LogP contribution in [-0.4, -0.2) is 55.5 Å². The number of nitrogens with zero attached hydrogens (tertiary/aromatic N) is 3. The molecule has 8 heteroatoms. The first-order valence-corrected chi connectivity index (χ1v) is 9.18. The number of hydrogen-bond donors (Lipinski definition) is 2. The second-order valence-electron chi connectivity index (χ2n) is 5.57. The van der Waals surface area contributed by atoms with Crippen LogP contribution >= 0.6 is 35.3 Å². The zero-order valence-corrected chi connectivity index (χ0v) is 18.3. The molecule has 1 amide bonds. The van der Waals surface area contributed by atoms with Crippen molar-refractivity contribution in [2.75, 3.05) is 33.7 Å². The molecular weight excluding hydrogens is 461 g/mol. The number of nitrogens with one attached hydrogen (secondary N) is 2. The van der Waals surface area contributed by atoms with Crippen molar-refractivity contribution in [3.8, 4) is 0 Å². The molecule has 0 aliphatic heterocycles. The largest absolute Gasteiger partial charge is 0.356 e. The summed E-state index contributed by atoms with van der Waals surface area (Å²) in [6.45, 7) is 1.64. The number of thiophene rings is 1. The zero-order chi connectivity index (χ0) is 17.9. The Bertz CT molecular complexity index is 663. The third kappa shape index (κ3) is 8.13. The Balaban J connectivity index is 0.00000338. The number of rotatable bonds is 8. The first kappa shape index (κ1) is 22.4. The van der Waals surface area contributed by atoms with Gasteiger partial charge in [-0.25, -0.2) is 0 Å². The summed E-state index contributed by atoms with van der Waals surface area (Å²) in [6.07, 6.45) is 3.46. The van der Waals surface area contributed by atoms with Crippen LogP contribution in [-0.2, 0) is 17.6 Å². The van der Waals surface area contributed by atoms with Crippen LogP contribution in [0.4, 0.5) is 0 Å². The van der Waals surface area contributed by atoms with Crippen LogP contribution in [0.3, 0.4) is 0 Å². The van der Waals surface area contributed by atoms with E-state index < -0.39 is 0 Å². The number of amides is 1. The number of pyridine rings is 1. The number of carbonyl (C=O) groups is 1. The molecule has 2 rings (SSSR count). The van der Waals surface area contributed by atoms with Crippen molar-refractivity contribution >= 4 is 47.2 Å². The molecule has 142 valence electrons. The van der Waals surface area contributed by atoms with Crippen molar-refractivity contribution < 1.29 is 4.79 Å². The maximum Gasteiger partial charge on any atom is 0.241 e. The summed E-state index contributed by atoms with van der Waals surface area (Å²) in [6, 6.07) is 9.97. The van der Waals surface area contributed by atoms with Crippen LogP contribution in [0.5, 0.6) is 0 Å². The van der Waals surface area contributed by atoms with E-state index in [1.165, 1.54) is 4.88 Å². The summed E-state index contributed by atoms with van der Waals surface area (Å²) >= 11 is 1.74. The summed E-state index contributed by atoms with van der Waals surface area (Å²) in [5.41, 5.74) is 0.987. The molecule has 0 atom stereocenters. The van der Waals surface area contributed by atoms with Crippen LogP contribution in [0, 0.1) is 0 Å². The lowest BCUT2D eigenvalue weighted by atomic mass is 10.2. The number of aliphatic imine (C=N–C) groups is 1. The van der Waals surface area contributed by atoms with E-state index in [4.69, 9.17) is 0 Å². The van der Waals surface area contributed by atoms with Gasteiger partial charge in [-0.3, -0.25) is 14.8 Å². The maximum absolute atomic E-state index is 12.2. The van der Waals surface area contributed by atoms with Crippen molar-refractivity contribution in [3.05, 3.63) is 52.5 Å². The molecule has 0 aliphatic rings. The van der Waals surface area contributed by atoms with Crippen LogP contribution in [0.2, 0.25) is 0 Å². The van der Waals surface area contributed by atoms with E-state index in [1.54, 1.807) is 36.5 Å². The third-order valence-electron chi connectivity index (χ3n) is 3.73. The lowest BCUT2D eigenvalue weighted by Crippen LogP contribution is -2.44. The van der Waals surface area contributed by atoms with Crippen molar-refractivity contribution in [1.82, 2.24) is 20.5 Å². The van der Waals surface area contributed by atoms with Crippen molar-refractivity contribution in [1.29, 1.82) is 0 Å². The molecule has 2 heterocycles. The van der Waals surface area contributed by atoms with E-state index in [2.05, 4.69) is 32.1 Å². The van der Waals surface area contributed by atoms with Crippen LogP contribution in [0.15, 0.2) is 46.9 Å². The molecule has 6 nitrogen and oxygen atoms in total. The summed E-state index contributed by atoms with van der Waals surface area (Å²) < 4.78 is 0. The first-order chi connectivity index (χ1) is 12.2. The SMILES string of the molecule is CN=C(NCCc1cccs1)NCC(=O)N(C)CCc1ccccn1.I. The first-order valence-electron chi connectivity index (χ1n) is 8.30. The minimum atomic E-state index is 0. The van der Waals surface area contributed by atoms with Gasteiger partial charge in [0, 0.05) is 50.4 Å². The maximum atomic E-state index is 12.2. The fourth-order valence-corrected chi connectivity index (χ4v) is 2.94. The summed E-state index contributed by atoms with van der Waals surface area (Å²) in [7, 11) is 3.51. The van der Waals surface area contributed by atoms with E-state index in [1.807, 2.05) is 24.3 Å². The average Bonchev–Trinajstić information content (AvgIpc) is 3.16. The van der Waals surface area contributed by atoms with E-state index >= 15 is 0 Å². The molecule has 0 aromatic carbocycles. The van der Waals surface area contributed by atoms with Gasteiger partial charge in [-0.2, -0.15) is 0 Å². The van der Waals surface area contributed by atoms with Crippen LogP contribution in [0.25, 0.3) is 0 Å². The Labute approximate surface area is 176 Å². The van der Waals surface area contributed by atoms with Gasteiger partial charge in [-0.05, 0) is 30.0 Å². The van der Waals surface area contributed by atoms with Gasteiger partial charge >= 0.3 is 0 Å². The Kier molecular flexibility index (Phi) is 10.9. The molecule has 0 fully saturated rings. The fourth-order valence-electron chi connectivity index (χ4n) is 2.23. The predicted molar refractivity (Wildman–Crippen MR) is 118 cm³/mol. The number of hydrogen-bond acceptors (Lipinski definition) is 4. The lowest BCUT2D eigenvalue weighted by molar-refractivity contribution is -0.128. The zero-order valence-electron chi connectivity index (χ0n) is 15.1. The smallest absolute Gasteiger partial charge is 0.241 e. The molecule has 26 heavy (non-hydrogen) atoms. The van der Waals surface area contributed by atoms with E-state index in [0.717, 1.165) is 25.1 Å². The molecule has 2 aromatic rings. The number of guanidine groups is 1. The number of carbonyl (C=O) groups excluding carboxylic acids is 1. The molecule has 0 bridgehead atoms. The molecule has 2 N–H and O–H groups in total. The quantitative estimate of drug-likeness (QED) is 0.340. The highest BCUT2D eigenvalue weighted by molar-refractivity contribution is 14.0. The van der Waals surface area contributed by atoms with Gasteiger partial charge in [-0.15, -0.1) is 35.3 Å². The third-order valence-corrected chi connectivity index (χ3v) is 4.67. The Hall–Kier alpha value is -1.68. The van der Waals surface area contributed by atoms with Gasteiger partial charge in [0.2, 0.25) is 5.91 Å². The fraction of sp³-hybridized carbons (Fsp3) is 0.389. The molecule has 0 radical (unpaired) electrons.